The Hall–Kier alpha value is -1.56. The van der Waals surface area contributed by atoms with Crippen LogP contribution in [0, 0.1) is 23.2 Å². The molecule has 3 heteroatoms. The van der Waals surface area contributed by atoms with Crippen LogP contribution in [0.5, 0.6) is 0 Å². The van der Waals surface area contributed by atoms with Crippen molar-refractivity contribution in [3.8, 4) is 6.07 Å². The van der Waals surface area contributed by atoms with E-state index in [0.29, 0.717) is 17.5 Å². The highest BCUT2D eigenvalue weighted by molar-refractivity contribution is 5.56. The Morgan fingerprint density at radius 3 is 2.94 bits per heavy atom. The topological polar surface area (TPSA) is 48.7 Å². The zero-order valence-electron chi connectivity index (χ0n) is 10.5. The summed E-state index contributed by atoms with van der Waals surface area (Å²) >= 11 is 0. The van der Waals surface area contributed by atoms with Gasteiger partial charge in [-0.05, 0) is 37.2 Å². The first-order valence-corrected chi connectivity index (χ1v) is 6.31. The third-order valence-electron chi connectivity index (χ3n) is 3.71. The van der Waals surface area contributed by atoms with Crippen molar-refractivity contribution in [3.05, 3.63) is 24.0 Å². The lowest BCUT2D eigenvalue weighted by molar-refractivity contribution is 0.276. The fourth-order valence-corrected chi connectivity index (χ4v) is 2.69. The summed E-state index contributed by atoms with van der Waals surface area (Å²) in [6, 6.07) is 4.44. The minimum absolute atomic E-state index is 0.475. The molecule has 0 aliphatic heterocycles. The van der Waals surface area contributed by atoms with Crippen molar-refractivity contribution in [1.29, 1.82) is 5.26 Å². The van der Waals surface area contributed by atoms with Crippen molar-refractivity contribution in [2.24, 2.45) is 11.8 Å². The van der Waals surface area contributed by atoms with Crippen LogP contribution in [0.3, 0.4) is 0 Å². The molecule has 0 bridgehead atoms. The fourth-order valence-electron chi connectivity index (χ4n) is 2.69. The molecule has 0 saturated heterocycles. The minimum atomic E-state index is 0.475. The van der Waals surface area contributed by atoms with Gasteiger partial charge in [-0.1, -0.05) is 13.8 Å². The van der Waals surface area contributed by atoms with Crippen LogP contribution < -0.4 is 5.32 Å². The summed E-state index contributed by atoms with van der Waals surface area (Å²) in [5, 5.41) is 12.5. The Bertz CT molecular complexity index is 422. The number of rotatable bonds is 2. The standard InChI is InChI=1S/C14H19N3/c1-10-3-4-13(11(2)7-10)17-14-9-16-6-5-12(14)8-15/h5-6,9-11,13,17H,3-4,7H2,1-2H3. The summed E-state index contributed by atoms with van der Waals surface area (Å²) in [4.78, 5) is 4.09. The van der Waals surface area contributed by atoms with E-state index in [-0.39, 0.29) is 0 Å². The SMILES string of the molecule is CC1CCC(Nc2cnccc2C#N)C(C)C1. The lowest BCUT2D eigenvalue weighted by atomic mass is 9.80. The molecule has 1 aromatic heterocycles. The van der Waals surface area contributed by atoms with Crippen LogP contribution in [-0.2, 0) is 0 Å². The third kappa shape index (κ3) is 2.76. The Kier molecular flexibility index (Phi) is 3.63. The maximum atomic E-state index is 9.04. The lowest BCUT2D eigenvalue weighted by Gasteiger charge is -2.33. The smallest absolute Gasteiger partial charge is 0.101 e. The van der Waals surface area contributed by atoms with E-state index in [1.54, 1.807) is 18.5 Å². The number of hydrogen-bond acceptors (Lipinski definition) is 3. The summed E-state index contributed by atoms with van der Waals surface area (Å²) < 4.78 is 0. The van der Waals surface area contributed by atoms with E-state index in [0.717, 1.165) is 11.6 Å². The number of nitriles is 1. The molecular formula is C14H19N3. The van der Waals surface area contributed by atoms with Gasteiger partial charge in [-0.3, -0.25) is 4.98 Å². The fraction of sp³-hybridized carbons (Fsp3) is 0.571. The quantitative estimate of drug-likeness (QED) is 0.847. The van der Waals surface area contributed by atoms with Gasteiger partial charge in [-0.2, -0.15) is 5.26 Å². The molecule has 0 amide bonds. The number of anilines is 1. The van der Waals surface area contributed by atoms with Gasteiger partial charge in [0.15, 0.2) is 0 Å². The highest BCUT2D eigenvalue weighted by Crippen LogP contribution is 2.31. The number of hydrogen-bond donors (Lipinski definition) is 1. The monoisotopic (exact) mass is 229 g/mol. The first-order valence-electron chi connectivity index (χ1n) is 6.31. The van der Waals surface area contributed by atoms with Crippen molar-refractivity contribution >= 4 is 5.69 Å². The molecule has 1 aliphatic rings. The van der Waals surface area contributed by atoms with Crippen LogP contribution in [0.4, 0.5) is 5.69 Å². The number of aromatic nitrogens is 1. The second-order valence-electron chi connectivity index (χ2n) is 5.18. The van der Waals surface area contributed by atoms with Crippen molar-refractivity contribution in [3.63, 3.8) is 0 Å². The van der Waals surface area contributed by atoms with Gasteiger partial charge in [0.1, 0.15) is 6.07 Å². The number of nitrogens with one attached hydrogen (secondary N) is 1. The van der Waals surface area contributed by atoms with E-state index in [1.807, 2.05) is 0 Å². The summed E-state index contributed by atoms with van der Waals surface area (Å²) in [6.45, 7) is 4.60. The van der Waals surface area contributed by atoms with Crippen LogP contribution >= 0.6 is 0 Å². The molecule has 0 aromatic carbocycles. The van der Waals surface area contributed by atoms with Crippen molar-refractivity contribution in [2.75, 3.05) is 5.32 Å². The van der Waals surface area contributed by atoms with Gasteiger partial charge >= 0.3 is 0 Å². The third-order valence-corrected chi connectivity index (χ3v) is 3.71. The van der Waals surface area contributed by atoms with Gasteiger partial charge in [-0.15, -0.1) is 0 Å². The number of pyridine rings is 1. The molecule has 1 aliphatic carbocycles. The Balaban J connectivity index is 2.08. The van der Waals surface area contributed by atoms with Gasteiger partial charge in [-0.25, -0.2) is 0 Å². The molecule has 1 aromatic rings. The van der Waals surface area contributed by atoms with E-state index < -0.39 is 0 Å². The molecule has 3 atom stereocenters. The predicted molar refractivity (Wildman–Crippen MR) is 68.5 cm³/mol. The molecule has 1 heterocycles. The van der Waals surface area contributed by atoms with E-state index in [4.69, 9.17) is 5.26 Å². The second-order valence-corrected chi connectivity index (χ2v) is 5.18. The first kappa shape index (κ1) is 11.9. The minimum Gasteiger partial charge on any atom is -0.380 e. The molecule has 17 heavy (non-hydrogen) atoms. The molecule has 3 unspecified atom stereocenters. The van der Waals surface area contributed by atoms with Gasteiger partial charge in [0.05, 0.1) is 17.4 Å². The molecule has 2 rings (SSSR count). The van der Waals surface area contributed by atoms with Gasteiger partial charge in [0.2, 0.25) is 0 Å². The van der Waals surface area contributed by atoms with Crippen molar-refractivity contribution in [2.45, 2.75) is 39.2 Å². The molecule has 1 N–H and O–H groups in total. The summed E-state index contributed by atoms with van der Waals surface area (Å²) in [5.41, 5.74) is 1.56. The van der Waals surface area contributed by atoms with Gasteiger partial charge < -0.3 is 5.32 Å². The average molecular weight is 229 g/mol. The Morgan fingerprint density at radius 1 is 1.41 bits per heavy atom. The van der Waals surface area contributed by atoms with Crippen molar-refractivity contribution in [1.82, 2.24) is 4.98 Å². The highest BCUT2D eigenvalue weighted by Gasteiger charge is 2.25. The molecule has 1 saturated carbocycles. The van der Waals surface area contributed by atoms with Crippen molar-refractivity contribution < 1.29 is 0 Å². The van der Waals surface area contributed by atoms with Crippen LogP contribution in [-0.4, -0.2) is 11.0 Å². The normalized spacial score (nSPS) is 28.4. The van der Waals surface area contributed by atoms with Crippen LogP contribution in [0.1, 0.15) is 38.7 Å². The molecule has 0 spiro atoms. The summed E-state index contributed by atoms with van der Waals surface area (Å²) in [7, 11) is 0. The lowest BCUT2D eigenvalue weighted by Crippen LogP contribution is -2.33. The summed E-state index contributed by atoms with van der Waals surface area (Å²) in [6.07, 6.45) is 7.13. The van der Waals surface area contributed by atoms with E-state index in [1.165, 1.54) is 19.3 Å². The number of nitrogens with zero attached hydrogens (tertiary/aromatic N) is 2. The zero-order chi connectivity index (χ0) is 12.3. The molecule has 1 fully saturated rings. The molecule has 3 nitrogen and oxygen atoms in total. The molecular weight excluding hydrogens is 210 g/mol. The first-order chi connectivity index (χ1) is 8.20. The predicted octanol–water partition coefficient (Wildman–Crippen LogP) is 3.19. The van der Waals surface area contributed by atoms with E-state index in [2.05, 4.69) is 30.2 Å². The van der Waals surface area contributed by atoms with Crippen LogP contribution in [0.2, 0.25) is 0 Å². The largest absolute Gasteiger partial charge is 0.380 e. The average Bonchev–Trinajstić information content (AvgIpc) is 2.33. The van der Waals surface area contributed by atoms with E-state index >= 15 is 0 Å². The summed E-state index contributed by atoms with van der Waals surface area (Å²) in [5.74, 6) is 1.48. The van der Waals surface area contributed by atoms with E-state index in [9.17, 15) is 0 Å². The Morgan fingerprint density at radius 2 is 2.24 bits per heavy atom. The zero-order valence-corrected chi connectivity index (χ0v) is 10.5. The maximum absolute atomic E-state index is 9.04. The van der Waals surface area contributed by atoms with Gasteiger partial charge in [0, 0.05) is 12.2 Å². The Labute approximate surface area is 103 Å². The maximum Gasteiger partial charge on any atom is 0.101 e. The van der Waals surface area contributed by atoms with Gasteiger partial charge in [0.25, 0.3) is 0 Å². The molecule has 0 radical (unpaired) electrons. The second kappa shape index (κ2) is 5.18. The van der Waals surface area contributed by atoms with Crippen LogP contribution in [0.25, 0.3) is 0 Å². The van der Waals surface area contributed by atoms with Crippen LogP contribution in [0.15, 0.2) is 18.5 Å². The highest BCUT2D eigenvalue weighted by atomic mass is 14.9. The molecule has 90 valence electrons.